The predicted molar refractivity (Wildman–Crippen MR) is 93.4 cm³/mol. The van der Waals surface area contributed by atoms with E-state index in [-0.39, 0.29) is 0 Å². The van der Waals surface area contributed by atoms with Gasteiger partial charge in [-0.25, -0.2) is 9.59 Å². The van der Waals surface area contributed by atoms with Gasteiger partial charge in [0.2, 0.25) is 11.9 Å². The molecule has 6 aliphatic rings. The van der Waals surface area contributed by atoms with Gasteiger partial charge in [0.1, 0.15) is 12.2 Å². The lowest BCUT2D eigenvalue weighted by Gasteiger charge is -2.47. The number of rotatable bonds is 0. The summed E-state index contributed by atoms with van der Waals surface area (Å²) in [6.07, 6.45) is -9.69. The van der Waals surface area contributed by atoms with E-state index in [2.05, 4.69) is 0 Å². The van der Waals surface area contributed by atoms with Crippen molar-refractivity contribution in [2.45, 2.75) is 75.7 Å². The molecule has 31 heavy (non-hydrogen) atoms. The Morgan fingerprint density at radius 3 is 2.19 bits per heavy atom. The van der Waals surface area contributed by atoms with Crippen molar-refractivity contribution >= 4 is 17.9 Å². The fourth-order valence-corrected chi connectivity index (χ4v) is 8.27. The maximum absolute atomic E-state index is 13.4. The van der Waals surface area contributed by atoms with Gasteiger partial charge in [-0.3, -0.25) is 4.79 Å². The quantitative estimate of drug-likeness (QED) is 0.234. The number of aliphatic hydroxyl groups is 4. The second kappa shape index (κ2) is 4.91. The third-order valence-electron chi connectivity index (χ3n) is 8.95. The summed E-state index contributed by atoms with van der Waals surface area (Å²) in [6, 6.07) is 0. The van der Waals surface area contributed by atoms with Crippen LogP contribution in [-0.2, 0) is 33.3 Å². The summed E-state index contributed by atoms with van der Waals surface area (Å²) < 4.78 is 22.2. The highest BCUT2D eigenvalue weighted by Gasteiger charge is 3.05. The fourth-order valence-electron chi connectivity index (χ4n) is 8.27. The summed E-state index contributed by atoms with van der Waals surface area (Å²) in [6.45, 7) is 6.63. The number of ether oxygens (including phenoxy) is 4. The topological polar surface area (TPSA) is 169 Å². The van der Waals surface area contributed by atoms with Crippen LogP contribution in [0.1, 0.15) is 27.7 Å². The number of hydrogen-bond acceptors (Lipinski definition) is 11. The van der Waals surface area contributed by atoms with Crippen LogP contribution in [0.3, 0.4) is 0 Å². The number of carbonyl (C=O) groups excluding carboxylic acids is 3. The molecule has 11 heteroatoms. The van der Waals surface area contributed by atoms with Gasteiger partial charge in [-0.05, 0) is 12.3 Å². The smallest absolute Gasteiger partial charge is 0.343 e. The Kier molecular flexibility index (Phi) is 3.15. The van der Waals surface area contributed by atoms with E-state index in [0.717, 1.165) is 0 Å². The highest BCUT2D eigenvalue weighted by Crippen LogP contribution is 2.84. The second-order valence-electron chi connectivity index (χ2n) is 10.8. The monoisotopic (exact) mass is 440 g/mol. The number of aliphatic hydroxyl groups excluding tert-OH is 3. The van der Waals surface area contributed by atoms with Gasteiger partial charge in [-0.1, -0.05) is 20.8 Å². The lowest BCUT2D eigenvalue weighted by atomic mass is 9.51. The van der Waals surface area contributed by atoms with Crippen LogP contribution in [0.5, 0.6) is 0 Å². The molecule has 170 valence electrons. The Morgan fingerprint density at radius 2 is 1.58 bits per heavy atom. The molecular weight excluding hydrogens is 416 g/mol. The standard InChI is InChI=1S/C20H24O11/c1-5-12(24)28-11-8(22)18-10-6(21)7(16(2,3)4)17(18)9(23)13(25)30-15(17)31-20(18,14(26)29-10)19(5,11)27/h5-11,15,21-23,27H,1-4H3/t5-,6+,7?,8+,9+,10+,11+,15?,17?,18-,19-,20-/m1/s1. The van der Waals surface area contributed by atoms with E-state index in [1.54, 1.807) is 20.8 Å². The van der Waals surface area contributed by atoms with Crippen molar-refractivity contribution in [1.82, 2.24) is 0 Å². The van der Waals surface area contributed by atoms with Gasteiger partial charge in [0.05, 0.1) is 22.9 Å². The molecule has 0 amide bonds. The number of fused-ring (bicyclic) bond motifs is 1. The first-order valence-electron chi connectivity index (χ1n) is 10.3. The van der Waals surface area contributed by atoms with E-state index in [0.29, 0.717) is 0 Å². The molecule has 4 aliphatic heterocycles. The van der Waals surface area contributed by atoms with Crippen LogP contribution in [0.25, 0.3) is 0 Å². The normalized spacial score (nSPS) is 61.0. The van der Waals surface area contributed by atoms with Gasteiger partial charge < -0.3 is 39.4 Å². The van der Waals surface area contributed by atoms with Gasteiger partial charge >= 0.3 is 17.9 Å². The van der Waals surface area contributed by atoms with Gasteiger partial charge in [0, 0.05) is 5.92 Å². The van der Waals surface area contributed by atoms with Crippen molar-refractivity contribution in [3.63, 3.8) is 0 Å². The van der Waals surface area contributed by atoms with E-state index in [4.69, 9.17) is 18.9 Å². The van der Waals surface area contributed by atoms with Crippen LogP contribution in [0.4, 0.5) is 0 Å². The molecule has 11 nitrogen and oxygen atoms in total. The lowest BCUT2D eigenvalue weighted by Crippen LogP contribution is -2.67. The van der Waals surface area contributed by atoms with E-state index >= 15 is 0 Å². The molecule has 12 atom stereocenters. The second-order valence-corrected chi connectivity index (χ2v) is 10.8. The molecule has 2 spiro atoms. The molecule has 0 bridgehead atoms. The molecule has 6 fully saturated rings. The Hall–Kier alpha value is -1.79. The van der Waals surface area contributed by atoms with Crippen LogP contribution in [0.15, 0.2) is 0 Å². The van der Waals surface area contributed by atoms with Crippen LogP contribution >= 0.6 is 0 Å². The number of carbonyl (C=O) groups is 3. The minimum atomic E-state index is -2.40. The van der Waals surface area contributed by atoms with Crippen LogP contribution in [-0.4, -0.2) is 86.3 Å². The Bertz CT molecular complexity index is 957. The zero-order valence-corrected chi connectivity index (χ0v) is 17.3. The Morgan fingerprint density at radius 1 is 0.935 bits per heavy atom. The average Bonchev–Trinajstić information content (AvgIpc) is 3.35. The maximum atomic E-state index is 13.4. The molecular formula is C20H24O11. The fraction of sp³-hybridized carbons (Fsp3) is 0.850. The number of esters is 3. The summed E-state index contributed by atoms with van der Waals surface area (Å²) in [5.41, 5.74) is -9.40. The predicted octanol–water partition coefficient (Wildman–Crippen LogP) is -2.40. The molecule has 0 aromatic rings. The van der Waals surface area contributed by atoms with E-state index in [9.17, 15) is 34.8 Å². The molecule has 0 aromatic heterocycles. The molecule has 2 saturated carbocycles. The molecule has 3 unspecified atom stereocenters. The highest BCUT2D eigenvalue weighted by atomic mass is 16.8. The summed E-state index contributed by atoms with van der Waals surface area (Å²) >= 11 is 0. The Labute approximate surface area is 176 Å². The molecule has 0 radical (unpaired) electrons. The molecule has 2 aliphatic carbocycles. The Balaban J connectivity index is 1.75. The first-order chi connectivity index (χ1) is 14.3. The summed E-state index contributed by atoms with van der Waals surface area (Å²) in [4.78, 5) is 38.3. The molecule has 4 saturated heterocycles. The first-order valence-corrected chi connectivity index (χ1v) is 10.3. The van der Waals surface area contributed by atoms with E-state index in [1.807, 2.05) is 0 Å². The summed E-state index contributed by atoms with van der Waals surface area (Å²) in [7, 11) is 0. The van der Waals surface area contributed by atoms with Crippen molar-refractivity contribution in [1.29, 1.82) is 0 Å². The van der Waals surface area contributed by atoms with Crippen molar-refractivity contribution in [3.05, 3.63) is 0 Å². The van der Waals surface area contributed by atoms with Gasteiger partial charge in [-0.15, -0.1) is 0 Å². The highest BCUT2D eigenvalue weighted by molar-refractivity contribution is 5.94. The third-order valence-corrected chi connectivity index (χ3v) is 8.95. The van der Waals surface area contributed by atoms with E-state index < -0.39 is 94.0 Å². The summed E-state index contributed by atoms with van der Waals surface area (Å²) in [5, 5.41) is 46.1. The zero-order valence-electron chi connectivity index (χ0n) is 17.3. The van der Waals surface area contributed by atoms with Crippen LogP contribution in [0.2, 0.25) is 0 Å². The molecule has 6 rings (SSSR count). The minimum Gasteiger partial charge on any atom is -0.456 e. The summed E-state index contributed by atoms with van der Waals surface area (Å²) in [5.74, 6) is -5.22. The van der Waals surface area contributed by atoms with E-state index in [1.165, 1.54) is 6.92 Å². The third kappa shape index (κ3) is 1.43. The molecule has 4 N–H and O–H groups in total. The van der Waals surface area contributed by atoms with Crippen molar-refractivity contribution in [3.8, 4) is 0 Å². The van der Waals surface area contributed by atoms with Crippen molar-refractivity contribution < 1.29 is 53.8 Å². The van der Waals surface area contributed by atoms with Crippen molar-refractivity contribution in [2.75, 3.05) is 0 Å². The SMILES string of the molecule is C[C@@H]1C(=O)O[C@H]2[C@H](O)[C@]34[C@H]5OC(=O)[C@]3(OC3OC(=O)[C@H](O)C34C(C(C)(C)C)[C@@H]5O)[C@@]12O. The molecule has 4 heterocycles. The van der Waals surface area contributed by atoms with Crippen LogP contribution < -0.4 is 0 Å². The lowest BCUT2D eigenvalue weighted by molar-refractivity contribution is -0.240. The van der Waals surface area contributed by atoms with Crippen LogP contribution in [0, 0.1) is 28.1 Å². The maximum Gasteiger partial charge on any atom is 0.343 e. The first kappa shape index (κ1) is 19.9. The average molecular weight is 440 g/mol. The zero-order chi connectivity index (χ0) is 22.7. The van der Waals surface area contributed by atoms with Gasteiger partial charge in [0.15, 0.2) is 17.8 Å². The number of hydrogen-bond donors (Lipinski definition) is 4. The van der Waals surface area contributed by atoms with Gasteiger partial charge in [0.25, 0.3) is 0 Å². The van der Waals surface area contributed by atoms with Gasteiger partial charge in [-0.2, -0.15) is 0 Å². The largest absolute Gasteiger partial charge is 0.456 e. The molecule has 0 aromatic carbocycles. The van der Waals surface area contributed by atoms with Crippen molar-refractivity contribution in [2.24, 2.45) is 28.1 Å². The minimum absolute atomic E-state index is 0.792.